The first-order valence-electron chi connectivity index (χ1n) is 4.81. The van der Waals surface area contributed by atoms with Crippen molar-refractivity contribution in [1.82, 2.24) is 0 Å². The molecular formula is C11H12FNO4. The predicted octanol–water partition coefficient (Wildman–Crippen LogP) is 0.819. The Morgan fingerprint density at radius 3 is 2.71 bits per heavy atom. The normalized spacial score (nSPS) is 11.9. The van der Waals surface area contributed by atoms with Gasteiger partial charge in [0.25, 0.3) is 0 Å². The second-order valence-electron chi connectivity index (χ2n) is 3.41. The van der Waals surface area contributed by atoms with Gasteiger partial charge >= 0.3 is 5.97 Å². The van der Waals surface area contributed by atoms with Crippen molar-refractivity contribution in [2.24, 2.45) is 5.73 Å². The lowest BCUT2D eigenvalue weighted by Crippen LogP contribution is -2.33. The molecule has 5 nitrogen and oxygen atoms in total. The van der Waals surface area contributed by atoms with Gasteiger partial charge in [0.05, 0.1) is 25.1 Å². The molecule has 6 heteroatoms. The molecule has 0 spiro atoms. The van der Waals surface area contributed by atoms with Crippen LogP contribution in [0.5, 0.6) is 5.75 Å². The number of carboxylic acid groups (broad SMARTS) is 1. The number of carbonyl (C=O) groups excluding carboxylic acids is 1. The summed E-state index contributed by atoms with van der Waals surface area (Å²) in [5.41, 5.74) is 5.36. The highest BCUT2D eigenvalue weighted by atomic mass is 19.1. The molecule has 1 aromatic carbocycles. The van der Waals surface area contributed by atoms with Gasteiger partial charge in [-0.2, -0.15) is 0 Å². The summed E-state index contributed by atoms with van der Waals surface area (Å²) in [5, 5.41) is 8.52. The fraction of sp³-hybridized carbons (Fsp3) is 0.273. The van der Waals surface area contributed by atoms with Gasteiger partial charge in [-0.05, 0) is 18.2 Å². The molecule has 0 aromatic heterocycles. The Hall–Kier alpha value is -1.95. The van der Waals surface area contributed by atoms with Gasteiger partial charge in [0.2, 0.25) is 0 Å². The Morgan fingerprint density at radius 1 is 1.53 bits per heavy atom. The lowest BCUT2D eigenvalue weighted by molar-refractivity contribution is -0.137. The molecule has 0 bridgehead atoms. The summed E-state index contributed by atoms with van der Waals surface area (Å²) in [6.45, 7) is 0. The lowest BCUT2D eigenvalue weighted by atomic mass is 10.0. The van der Waals surface area contributed by atoms with Gasteiger partial charge in [-0.1, -0.05) is 0 Å². The highest BCUT2D eigenvalue weighted by Gasteiger charge is 2.22. The third-order valence-corrected chi connectivity index (χ3v) is 2.16. The zero-order valence-corrected chi connectivity index (χ0v) is 9.14. The summed E-state index contributed by atoms with van der Waals surface area (Å²) in [7, 11) is 1.33. The minimum absolute atomic E-state index is 0.0544. The number of rotatable bonds is 5. The third-order valence-electron chi connectivity index (χ3n) is 2.16. The van der Waals surface area contributed by atoms with Crippen LogP contribution < -0.4 is 10.5 Å². The summed E-state index contributed by atoms with van der Waals surface area (Å²) in [5.74, 6) is -2.31. The number of halogens is 1. The van der Waals surface area contributed by atoms with Crippen LogP contribution in [-0.2, 0) is 4.79 Å². The van der Waals surface area contributed by atoms with Crippen molar-refractivity contribution >= 4 is 11.8 Å². The van der Waals surface area contributed by atoms with E-state index < -0.39 is 30.0 Å². The number of hydrogen-bond acceptors (Lipinski definition) is 4. The molecule has 0 amide bonds. The van der Waals surface area contributed by atoms with Crippen molar-refractivity contribution in [2.75, 3.05) is 7.11 Å². The SMILES string of the molecule is COc1ccc(F)cc1C(=O)C(N)CC(=O)O. The number of aliphatic carboxylic acids is 1. The first-order valence-corrected chi connectivity index (χ1v) is 4.81. The minimum atomic E-state index is -1.22. The van der Waals surface area contributed by atoms with Crippen LogP contribution in [0.3, 0.4) is 0 Å². The van der Waals surface area contributed by atoms with Crippen LogP contribution in [0.1, 0.15) is 16.8 Å². The molecule has 3 N–H and O–H groups in total. The average molecular weight is 241 g/mol. The van der Waals surface area contributed by atoms with E-state index >= 15 is 0 Å². The predicted molar refractivity (Wildman–Crippen MR) is 57.5 cm³/mol. The lowest BCUT2D eigenvalue weighted by Gasteiger charge is -2.11. The molecule has 1 aromatic rings. The topological polar surface area (TPSA) is 89.6 Å². The number of methoxy groups -OCH3 is 1. The number of nitrogens with two attached hydrogens (primary N) is 1. The monoisotopic (exact) mass is 241 g/mol. The highest BCUT2D eigenvalue weighted by molar-refractivity contribution is 6.03. The van der Waals surface area contributed by atoms with Gasteiger partial charge in [0, 0.05) is 0 Å². The fourth-order valence-corrected chi connectivity index (χ4v) is 1.35. The van der Waals surface area contributed by atoms with Gasteiger partial charge in [0.1, 0.15) is 11.6 Å². The van der Waals surface area contributed by atoms with E-state index in [0.717, 1.165) is 12.1 Å². The number of Topliss-reactive ketones (excluding diaryl/α,β-unsaturated/α-hetero) is 1. The van der Waals surface area contributed by atoms with Crippen LogP contribution in [0, 0.1) is 5.82 Å². The molecule has 1 unspecified atom stereocenters. The molecule has 0 aliphatic rings. The molecule has 92 valence electrons. The van der Waals surface area contributed by atoms with E-state index in [1.807, 2.05) is 0 Å². The standard InChI is InChI=1S/C11H12FNO4/c1-17-9-3-2-6(12)4-7(9)11(16)8(13)5-10(14)15/h2-4,8H,5,13H2,1H3,(H,14,15). The largest absolute Gasteiger partial charge is 0.496 e. The number of carboxylic acids is 1. The van der Waals surface area contributed by atoms with Crippen molar-refractivity contribution in [3.05, 3.63) is 29.6 Å². The summed E-state index contributed by atoms with van der Waals surface area (Å²) in [6.07, 6.45) is -0.515. The molecule has 0 saturated carbocycles. The number of ether oxygens (including phenoxy) is 1. The van der Waals surface area contributed by atoms with Gasteiger partial charge in [-0.15, -0.1) is 0 Å². The van der Waals surface area contributed by atoms with Gasteiger partial charge in [-0.3, -0.25) is 9.59 Å². The third kappa shape index (κ3) is 3.25. The van der Waals surface area contributed by atoms with E-state index in [-0.39, 0.29) is 11.3 Å². The Kier molecular flexibility index (Phi) is 4.17. The summed E-state index contributed by atoms with van der Waals surface area (Å²) in [6, 6.07) is 2.18. The average Bonchev–Trinajstić information content (AvgIpc) is 2.27. The van der Waals surface area contributed by atoms with Crippen LogP contribution in [0.15, 0.2) is 18.2 Å². The molecule has 0 heterocycles. The minimum Gasteiger partial charge on any atom is -0.496 e. The van der Waals surface area contributed by atoms with Gasteiger partial charge < -0.3 is 15.6 Å². The van der Waals surface area contributed by atoms with E-state index in [9.17, 15) is 14.0 Å². The molecule has 0 aliphatic carbocycles. The van der Waals surface area contributed by atoms with E-state index in [2.05, 4.69) is 0 Å². The quantitative estimate of drug-likeness (QED) is 0.745. The summed E-state index contributed by atoms with van der Waals surface area (Å²) < 4.78 is 17.9. The van der Waals surface area contributed by atoms with E-state index in [0.29, 0.717) is 0 Å². The highest BCUT2D eigenvalue weighted by Crippen LogP contribution is 2.21. The van der Waals surface area contributed by atoms with Gasteiger partial charge in [-0.25, -0.2) is 4.39 Å². The maximum absolute atomic E-state index is 13.0. The number of ketones is 1. The molecule has 17 heavy (non-hydrogen) atoms. The van der Waals surface area contributed by atoms with Gasteiger partial charge in [0.15, 0.2) is 5.78 Å². The molecule has 0 aliphatic heterocycles. The summed E-state index contributed by atoms with van der Waals surface area (Å²) >= 11 is 0. The number of benzene rings is 1. The molecule has 0 radical (unpaired) electrons. The van der Waals surface area contributed by atoms with Crippen LogP contribution >= 0.6 is 0 Å². The van der Waals surface area contributed by atoms with Crippen LogP contribution in [0.4, 0.5) is 4.39 Å². The maximum atomic E-state index is 13.0. The Bertz CT molecular complexity index is 447. The molecule has 1 atom stereocenters. The second kappa shape index (κ2) is 5.40. The molecular weight excluding hydrogens is 229 g/mol. The first-order chi connectivity index (χ1) is 7.95. The summed E-state index contributed by atoms with van der Waals surface area (Å²) in [4.78, 5) is 22.2. The van der Waals surface area contributed by atoms with Crippen LogP contribution in [0.25, 0.3) is 0 Å². The van der Waals surface area contributed by atoms with Crippen LogP contribution in [-0.4, -0.2) is 30.0 Å². The van der Waals surface area contributed by atoms with Crippen LogP contribution in [0.2, 0.25) is 0 Å². The first kappa shape index (κ1) is 13.1. The fourth-order valence-electron chi connectivity index (χ4n) is 1.35. The van der Waals surface area contributed by atoms with Crippen molar-refractivity contribution in [1.29, 1.82) is 0 Å². The zero-order chi connectivity index (χ0) is 13.0. The molecule has 1 rings (SSSR count). The Balaban J connectivity index is 3.02. The van der Waals surface area contributed by atoms with Crippen molar-refractivity contribution in [3.8, 4) is 5.75 Å². The Morgan fingerprint density at radius 2 is 2.18 bits per heavy atom. The molecule has 0 fully saturated rings. The van der Waals surface area contributed by atoms with E-state index in [4.69, 9.17) is 15.6 Å². The Labute approximate surface area is 97.0 Å². The molecule has 0 saturated heterocycles. The smallest absolute Gasteiger partial charge is 0.305 e. The number of carbonyl (C=O) groups is 2. The second-order valence-corrected chi connectivity index (χ2v) is 3.41. The van der Waals surface area contributed by atoms with E-state index in [1.165, 1.54) is 13.2 Å². The number of hydrogen-bond donors (Lipinski definition) is 2. The van der Waals surface area contributed by atoms with Crippen molar-refractivity contribution < 1.29 is 23.8 Å². The van der Waals surface area contributed by atoms with Crippen molar-refractivity contribution in [3.63, 3.8) is 0 Å². The van der Waals surface area contributed by atoms with E-state index in [1.54, 1.807) is 0 Å². The maximum Gasteiger partial charge on any atom is 0.305 e. The van der Waals surface area contributed by atoms with Crippen molar-refractivity contribution in [2.45, 2.75) is 12.5 Å². The zero-order valence-electron chi connectivity index (χ0n) is 9.14.